The van der Waals surface area contributed by atoms with Crippen molar-refractivity contribution < 1.29 is 14.4 Å². The molecular formula is C23H20N2O3S2. The highest BCUT2D eigenvalue weighted by Gasteiger charge is 2.48. The Hall–Kier alpha value is -2.51. The van der Waals surface area contributed by atoms with Gasteiger partial charge in [-0.15, -0.1) is 11.3 Å². The third-order valence-corrected chi connectivity index (χ3v) is 8.04. The van der Waals surface area contributed by atoms with E-state index in [-0.39, 0.29) is 29.4 Å². The molecule has 1 saturated carbocycles. The van der Waals surface area contributed by atoms with Crippen molar-refractivity contribution in [3.05, 3.63) is 54.1 Å². The smallest absolute Gasteiger partial charge is 0.237 e. The first-order chi connectivity index (χ1) is 14.6. The van der Waals surface area contributed by atoms with Crippen LogP contribution in [0.1, 0.15) is 36.0 Å². The van der Waals surface area contributed by atoms with Crippen LogP contribution in [0.2, 0.25) is 0 Å². The van der Waals surface area contributed by atoms with Gasteiger partial charge in [-0.2, -0.15) is 0 Å². The Morgan fingerprint density at radius 2 is 1.73 bits per heavy atom. The number of aromatic nitrogens is 1. The average molecular weight is 437 g/mol. The van der Waals surface area contributed by atoms with E-state index in [1.165, 1.54) is 28.0 Å². The minimum absolute atomic E-state index is 0.0587. The molecule has 2 amide bonds. The number of Topliss-reactive ketones (excluding diaryl/α,β-unsaturated/α-hetero) is 1. The van der Waals surface area contributed by atoms with Crippen molar-refractivity contribution in [2.45, 2.75) is 30.0 Å². The van der Waals surface area contributed by atoms with Gasteiger partial charge < -0.3 is 0 Å². The molecule has 0 unspecified atom stereocenters. The van der Waals surface area contributed by atoms with Crippen molar-refractivity contribution in [1.29, 1.82) is 0 Å². The minimum atomic E-state index is -0.154. The topological polar surface area (TPSA) is 67.3 Å². The van der Waals surface area contributed by atoms with Crippen LogP contribution in [0.15, 0.2) is 52.9 Å². The molecule has 2 aliphatic rings. The Labute approximate surface area is 182 Å². The van der Waals surface area contributed by atoms with Crippen LogP contribution in [0, 0.1) is 11.8 Å². The number of imide groups is 1. The molecule has 1 saturated heterocycles. The number of carbonyl (C=O) groups is 3. The van der Waals surface area contributed by atoms with Gasteiger partial charge in [-0.25, -0.2) is 4.98 Å². The molecule has 152 valence electrons. The van der Waals surface area contributed by atoms with Gasteiger partial charge >= 0.3 is 0 Å². The highest BCUT2D eigenvalue weighted by Crippen LogP contribution is 2.41. The maximum absolute atomic E-state index is 12.9. The molecule has 2 atom stereocenters. The summed E-state index contributed by atoms with van der Waals surface area (Å²) in [6.07, 6.45) is 3.66. The quantitative estimate of drug-likeness (QED) is 0.322. The predicted molar refractivity (Wildman–Crippen MR) is 119 cm³/mol. The van der Waals surface area contributed by atoms with Crippen LogP contribution >= 0.6 is 23.1 Å². The van der Waals surface area contributed by atoms with E-state index < -0.39 is 0 Å². The van der Waals surface area contributed by atoms with Crippen LogP contribution < -0.4 is 4.90 Å². The number of nitrogens with zero attached hydrogens (tertiary/aromatic N) is 2. The zero-order chi connectivity index (χ0) is 20.7. The van der Waals surface area contributed by atoms with Crippen molar-refractivity contribution >= 4 is 56.6 Å². The number of fused-ring (bicyclic) bond motifs is 2. The lowest BCUT2D eigenvalue weighted by atomic mass is 9.81. The van der Waals surface area contributed by atoms with Crippen LogP contribution in [0.3, 0.4) is 0 Å². The Balaban J connectivity index is 1.35. The van der Waals surface area contributed by atoms with Crippen molar-refractivity contribution in [1.82, 2.24) is 4.98 Å². The Bertz CT molecular complexity index is 1120. The molecule has 30 heavy (non-hydrogen) atoms. The second kappa shape index (κ2) is 7.96. The summed E-state index contributed by atoms with van der Waals surface area (Å²) in [4.78, 5) is 44.0. The standard InChI is InChI=1S/C23H20N2O3S2/c26-19(14-6-2-1-3-7-14)13-29-23-24-18-11-10-15(12-20(18)30-23)25-21(27)16-8-4-5-9-17(16)22(25)28/h1-3,6-7,10-12,16-17H,4-5,8-9,13H2/t16-,17-/m0/s1. The lowest BCUT2D eigenvalue weighted by Gasteiger charge is -2.19. The summed E-state index contributed by atoms with van der Waals surface area (Å²) in [7, 11) is 0. The normalized spacial score (nSPS) is 21.3. The third kappa shape index (κ3) is 3.46. The molecule has 1 aliphatic carbocycles. The van der Waals surface area contributed by atoms with E-state index in [4.69, 9.17) is 0 Å². The first kappa shape index (κ1) is 19.5. The van der Waals surface area contributed by atoms with Crippen LogP contribution in [0.5, 0.6) is 0 Å². The van der Waals surface area contributed by atoms with Crippen molar-refractivity contribution in [2.24, 2.45) is 11.8 Å². The van der Waals surface area contributed by atoms with Crippen LogP contribution in [-0.4, -0.2) is 28.3 Å². The van der Waals surface area contributed by atoms with Crippen molar-refractivity contribution in [2.75, 3.05) is 10.7 Å². The molecule has 3 aromatic rings. The number of benzene rings is 2. The summed E-state index contributed by atoms with van der Waals surface area (Å²) in [6, 6.07) is 14.8. The number of anilines is 1. The Kier molecular flexibility index (Phi) is 5.16. The summed E-state index contributed by atoms with van der Waals surface area (Å²) in [5.74, 6) is -0.0370. The van der Waals surface area contributed by atoms with Crippen LogP contribution in [-0.2, 0) is 9.59 Å². The fourth-order valence-electron chi connectivity index (χ4n) is 4.34. The Morgan fingerprint density at radius 3 is 2.43 bits per heavy atom. The monoisotopic (exact) mass is 436 g/mol. The van der Waals surface area contributed by atoms with E-state index in [0.717, 1.165) is 40.2 Å². The first-order valence-electron chi connectivity index (χ1n) is 10.1. The molecule has 0 spiro atoms. The molecule has 0 bridgehead atoms. The summed E-state index contributed by atoms with van der Waals surface area (Å²) >= 11 is 2.90. The third-order valence-electron chi connectivity index (χ3n) is 5.87. The molecule has 5 rings (SSSR count). The number of rotatable bonds is 5. The predicted octanol–water partition coefficient (Wildman–Crippen LogP) is 4.95. The minimum Gasteiger partial charge on any atom is -0.293 e. The van der Waals surface area contributed by atoms with Gasteiger partial charge in [0.15, 0.2) is 10.1 Å². The highest BCUT2D eigenvalue weighted by molar-refractivity contribution is 8.01. The van der Waals surface area contributed by atoms with E-state index in [0.29, 0.717) is 17.0 Å². The number of amides is 2. The summed E-state index contributed by atoms with van der Waals surface area (Å²) in [5, 5.41) is 0. The van der Waals surface area contributed by atoms with Gasteiger partial charge in [0.1, 0.15) is 0 Å². The van der Waals surface area contributed by atoms with Crippen molar-refractivity contribution in [3.63, 3.8) is 0 Å². The van der Waals surface area contributed by atoms with Gasteiger partial charge in [-0.05, 0) is 31.0 Å². The fourth-order valence-corrected chi connectivity index (χ4v) is 6.34. The first-order valence-corrected chi connectivity index (χ1v) is 11.9. The van der Waals surface area contributed by atoms with Crippen molar-refractivity contribution in [3.8, 4) is 0 Å². The molecule has 1 aromatic heterocycles. The Morgan fingerprint density at radius 1 is 1.03 bits per heavy atom. The lowest BCUT2D eigenvalue weighted by molar-refractivity contribution is -0.122. The summed E-state index contributed by atoms with van der Waals surface area (Å²) < 4.78 is 1.72. The fraction of sp³-hybridized carbons (Fsp3) is 0.304. The lowest BCUT2D eigenvalue weighted by Crippen LogP contribution is -2.30. The van der Waals surface area contributed by atoms with E-state index in [9.17, 15) is 14.4 Å². The van der Waals surface area contributed by atoms with Gasteiger partial charge in [-0.3, -0.25) is 19.3 Å². The van der Waals surface area contributed by atoms with Gasteiger partial charge in [-0.1, -0.05) is 54.9 Å². The number of hydrogen-bond acceptors (Lipinski definition) is 6. The molecule has 0 radical (unpaired) electrons. The van der Waals surface area contributed by atoms with E-state index in [2.05, 4.69) is 4.98 Å². The largest absolute Gasteiger partial charge is 0.293 e. The second-order valence-electron chi connectivity index (χ2n) is 7.72. The van der Waals surface area contributed by atoms with E-state index >= 15 is 0 Å². The van der Waals surface area contributed by atoms with E-state index in [1.54, 1.807) is 6.07 Å². The molecule has 1 aliphatic heterocycles. The average Bonchev–Trinajstić information content (AvgIpc) is 3.30. The summed E-state index contributed by atoms with van der Waals surface area (Å²) in [5.41, 5.74) is 2.14. The number of carbonyl (C=O) groups excluding carboxylic acids is 3. The molecule has 5 nitrogen and oxygen atoms in total. The maximum atomic E-state index is 12.9. The van der Waals surface area contributed by atoms with Crippen LogP contribution in [0.4, 0.5) is 5.69 Å². The van der Waals surface area contributed by atoms with Gasteiger partial charge in [0, 0.05) is 5.56 Å². The second-order valence-corrected chi connectivity index (χ2v) is 9.97. The number of ketones is 1. The van der Waals surface area contributed by atoms with E-state index in [1.807, 2.05) is 42.5 Å². The highest BCUT2D eigenvalue weighted by atomic mass is 32.2. The SMILES string of the molecule is O=C(CSc1nc2ccc(N3C(=O)[C@H]4CCCC[C@@H]4C3=O)cc2s1)c1ccccc1. The number of thiazole rings is 1. The van der Waals surface area contributed by atoms with Gasteiger partial charge in [0.2, 0.25) is 11.8 Å². The molecule has 7 heteroatoms. The summed E-state index contributed by atoms with van der Waals surface area (Å²) in [6.45, 7) is 0. The zero-order valence-electron chi connectivity index (χ0n) is 16.2. The van der Waals surface area contributed by atoms with Gasteiger partial charge in [0.25, 0.3) is 0 Å². The molecule has 2 aromatic carbocycles. The van der Waals surface area contributed by atoms with Crippen LogP contribution in [0.25, 0.3) is 10.2 Å². The molecule has 2 heterocycles. The zero-order valence-corrected chi connectivity index (χ0v) is 17.9. The maximum Gasteiger partial charge on any atom is 0.237 e. The molecule has 2 fully saturated rings. The molecular weight excluding hydrogens is 416 g/mol. The van der Waals surface area contributed by atoms with Gasteiger partial charge in [0.05, 0.1) is 33.5 Å². The number of hydrogen-bond donors (Lipinski definition) is 0. The number of thioether (sulfide) groups is 1. The molecule has 0 N–H and O–H groups in total.